The lowest BCUT2D eigenvalue weighted by atomic mass is 10.1. The van der Waals surface area contributed by atoms with Crippen LogP contribution in [0, 0.1) is 0 Å². The van der Waals surface area contributed by atoms with Crippen molar-refractivity contribution < 1.29 is 14.6 Å². The third-order valence-electron chi connectivity index (χ3n) is 6.16. The quantitative estimate of drug-likeness (QED) is 0.419. The average molecular weight is 484 g/mol. The van der Waals surface area contributed by atoms with Gasteiger partial charge in [0.2, 0.25) is 0 Å². The molecule has 0 saturated carbocycles. The van der Waals surface area contributed by atoms with E-state index < -0.39 is 5.56 Å². The van der Waals surface area contributed by atoms with Gasteiger partial charge in [0, 0.05) is 49.6 Å². The molecule has 2 N–H and O–H groups in total. The summed E-state index contributed by atoms with van der Waals surface area (Å²) in [7, 11) is 1.56. The van der Waals surface area contributed by atoms with Crippen molar-refractivity contribution >= 4 is 34.6 Å². The molecule has 2 aromatic carbocycles. The molecule has 1 aliphatic heterocycles. The number of benzene rings is 2. The molecule has 1 fully saturated rings. The van der Waals surface area contributed by atoms with E-state index in [4.69, 9.17) is 4.74 Å². The topological polar surface area (TPSA) is 112 Å². The number of fused-ring (bicyclic) bond motifs is 1. The molecule has 4 aromatic rings. The SMILES string of the molecule is COc1ccc(C(O)=Cc2nc3ccc(C(=O)N4CCN(c5ccccn5)CC4)cc3[nH]c2=O)cc1. The lowest BCUT2D eigenvalue weighted by Crippen LogP contribution is -2.49. The monoisotopic (exact) mass is 483 g/mol. The Morgan fingerprint density at radius 2 is 1.78 bits per heavy atom. The van der Waals surface area contributed by atoms with Crippen molar-refractivity contribution in [1.82, 2.24) is 19.9 Å². The van der Waals surface area contributed by atoms with Crippen molar-refractivity contribution in [1.29, 1.82) is 0 Å². The number of aliphatic hydroxyl groups excluding tert-OH is 1. The number of amides is 1. The fourth-order valence-electron chi connectivity index (χ4n) is 4.17. The Bertz CT molecular complexity index is 1470. The van der Waals surface area contributed by atoms with Crippen LogP contribution in [0.15, 0.2) is 71.7 Å². The molecule has 2 aromatic heterocycles. The van der Waals surface area contributed by atoms with Gasteiger partial charge in [-0.1, -0.05) is 6.07 Å². The van der Waals surface area contributed by atoms with Crippen LogP contribution in [0.2, 0.25) is 0 Å². The molecule has 0 bridgehead atoms. The minimum atomic E-state index is -0.462. The van der Waals surface area contributed by atoms with Crippen molar-refractivity contribution in [3.05, 3.63) is 94.0 Å². The number of nitrogens with zero attached hydrogens (tertiary/aromatic N) is 4. The van der Waals surface area contributed by atoms with Crippen molar-refractivity contribution in [2.75, 3.05) is 38.2 Å². The van der Waals surface area contributed by atoms with Crippen molar-refractivity contribution in [2.24, 2.45) is 0 Å². The molecule has 36 heavy (non-hydrogen) atoms. The molecule has 0 atom stereocenters. The van der Waals surface area contributed by atoms with Crippen LogP contribution in [0.25, 0.3) is 22.9 Å². The molecule has 1 saturated heterocycles. The highest BCUT2D eigenvalue weighted by atomic mass is 16.5. The predicted molar refractivity (Wildman–Crippen MR) is 138 cm³/mol. The first kappa shape index (κ1) is 23.1. The molecule has 182 valence electrons. The van der Waals surface area contributed by atoms with Gasteiger partial charge >= 0.3 is 0 Å². The van der Waals surface area contributed by atoms with Gasteiger partial charge in [-0.2, -0.15) is 0 Å². The summed E-state index contributed by atoms with van der Waals surface area (Å²) in [5.41, 5.74) is 1.59. The van der Waals surface area contributed by atoms with E-state index in [9.17, 15) is 14.7 Å². The third-order valence-corrected chi connectivity index (χ3v) is 6.16. The molecule has 3 heterocycles. The van der Waals surface area contributed by atoms with Crippen LogP contribution in [0.1, 0.15) is 21.6 Å². The van der Waals surface area contributed by atoms with Crippen molar-refractivity contribution in [2.45, 2.75) is 0 Å². The molecule has 0 spiro atoms. The number of carbonyl (C=O) groups is 1. The van der Waals surface area contributed by atoms with Gasteiger partial charge in [0.1, 0.15) is 23.0 Å². The molecule has 0 radical (unpaired) electrons. The lowest BCUT2D eigenvalue weighted by molar-refractivity contribution is 0.0746. The number of hydrogen-bond acceptors (Lipinski definition) is 7. The fourth-order valence-corrected chi connectivity index (χ4v) is 4.17. The number of anilines is 1. The minimum Gasteiger partial charge on any atom is -0.507 e. The first-order valence-electron chi connectivity index (χ1n) is 11.6. The molecule has 1 amide bonds. The molecule has 1 aliphatic rings. The maximum absolute atomic E-state index is 13.1. The van der Waals surface area contributed by atoms with E-state index in [1.165, 1.54) is 6.08 Å². The lowest BCUT2D eigenvalue weighted by Gasteiger charge is -2.35. The van der Waals surface area contributed by atoms with Crippen LogP contribution in [-0.4, -0.2) is 64.2 Å². The minimum absolute atomic E-state index is 0.0699. The molecule has 0 aliphatic carbocycles. The molecule has 9 nitrogen and oxygen atoms in total. The summed E-state index contributed by atoms with van der Waals surface area (Å²) < 4.78 is 5.12. The molecule has 0 unspecified atom stereocenters. The van der Waals surface area contributed by atoms with E-state index in [-0.39, 0.29) is 17.4 Å². The number of rotatable bonds is 5. The van der Waals surface area contributed by atoms with Crippen LogP contribution < -0.4 is 15.2 Å². The first-order chi connectivity index (χ1) is 17.5. The number of aromatic nitrogens is 3. The van der Waals surface area contributed by atoms with Gasteiger partial charge in [0.05, 0.1) is 18.1 Å². The van der Waals surface area contributed by atoms with Gasteiger partial charge in [0.15, 0.2) is 0 Å². The Hall–Kier alpha value is -4.66. The van der Waals surface area contributed by atoms with Crippen LogP contribution in [0.3, 0.4) is 0 Å². The zero-order valence-electron chi connectivity index (χ0n) is 19.7. The second-order valence-corrected chi connectivity index (χ2v) is 8.41. The Kier molecular flexibility index (Phi) is 6.36. The normalized spacial score (nSPS) is 14.2. The number of methoxy groups -OCH3 is 1. The van der Waals surface area contributed by atoms with E-state index in [2.05, 4.69) is 19.9 Å². The first-order valence-corrected chi connectivity index (χ1v) is 11.6. The molecular formula is C27H25N5O4. The van der Waals surface area contributed by atoms with Crippen LogP contribution in [0.4, 0.5) is 5.82 Å². The number of H-pyrrole nitrogens is 1. The number of hydrogen-bond donors (Lipinski definition) is 2. The maximum Gasteiger partial charge on any atom is 0.274 e. The highest BCUT2D eigenvalue weighted by molar-refractivity contribution is 5.97. The smallest absolute Gasteiger partial charge is 0.274 e. The van der Waals surface area contributed by atoms with E-state index >= 15 is 0 Å². The van der Waals surface area contributed by atoms with E-state index in [0.29, 0.717) is 54.1 Å². The Morgan fingerprint density at radius 3 is 2.47 bits per heavy atom. The summed E-state index contributed by atoms with van der Waals surface area (Å²) in [4.78, 5) is 41.3. The van der Waals surface area contributed by atoms with Crippen molar-refractivity contribution in [3.63, 3.8) is 0 Å². The standard InChI is InChI=1S/C27H25N5O4/c1-36-20-8-5-18(6-9-20)24(33)17-23-26(34)30-22-16-19(7-10-21(22)29-23)27(35)32-14-12-31(13-15-32)25-4-2-3-11-28-25/h2-11,16-17,33H,12-15H2,1H3,(H,30,34). The third kappa shape index (κ3) is 4.76. The second kappa shape index (κ2) is 9.91. The average Bonchev–Trinajstić information content (AvgIpc) is 2.93. The summed E-state index contributed by atoms with van der Waals surface area (Å²) in [6, 6.07) is 17.7. The summed E-state index contributed by atoms with van der Waals surface area (Å²) in [5, 5.41) is 10.5. The van der Waals surface area contributed by atoms with Gasteiger partial charge in [-0.3, -0.25) is 9.59 Å². The molecule has 5 rings (SSSR count). The zero-order valence-corrected chi connectivity index (χ0v) is 19.7. The fraction of sp³-hybridized carbons (Fsp3) is 0.185. The predicted octanol–water partition coefficient (Wildman–Crippen LogP) is 3.35. The van der Waals surface area contributed by atoms with Crippen LogP contribution in [0.5, 0.6) is 5.75 Å². The van der Waals surface area contributed by atoms with Gasteiger partial charge in [-0.25, -0.2) is 9.97 Å². The zero-order chi connectivity index (χ0) is 25.1. The van der Waals surface area contributed by atoms with E-state index in [1.54, 1.807) is 60.7 Å². The van der Waals surface area contributed by atoms with Gasteiger partial charge in [-0.15, -0.1) is 0 Å². The number of nitrogens with one attached hydrogen (secondary N) is 1. The molecular weight excluding hydrogens is 458 g/mol. The van der Waals surface area contributed by atoms with Gasteiger partial charge < -0.3 is 24.6 Å². The largest absolute Gasteiger partial charge is 0.507 e. The summed E-state index contributed by atoms with van der Waals surface area (Å²) in [6.07, 6.45) is 3.08. The van der Waals surface area contributed by atoms with Gasteiger partial charge in [0.25, 0.3) is 11.5 Å². The summed E-state index contributed by atoms with van der Waals surface area (Å²) >= 11 is 0. The maximum atomic E-state index is 13.1. The number of piperazine rings is 1. The molecule has 9 heteroatoms. The van der Waals surface area contributed by atoms with Crippen LogP contribution in [-0.2, 0) is 0 Å². The van der Waals surface area contributed by atoms with E-state index in [0.717, 1.165) is 5.82 Å². The highest BCUT2D eigenvalue weighted by Gasteiger charge is 2.23. The Balaban J connectivity index is 1.33. The number of pyridine rings is 1. The van der Waals surface area contributed by atoms with E-state index in [1.807, 2.05) is 18.2 Å². The number of ether oxygens (including phenoxy) is 1. The number of aliphatic hydroxyl groups is 1. The summed E-state index contributed by atoms with van der Waals surface area (Å²) in [5.74, 6) is 1.38. The van der Waals surface area contributed by atoms with Crippen molar-refractivity contribution in [3.8, 4) is 5.75 Å². The summed E-state index contributed by atoms with van der Waals surface area (Å²) in [6.45, 7) is 2.55. The highest BCUT2D eigenvalue weighted by Crippen LogP contribution is 2.20. The number of carbonyl (C=O) groups excluding carboxylic acids is 1. The Labute approximate surface area is 207 Å². The Morgan fingerprint density at radius 1 is 1.03 bits per heavy atom. The van der Waals surface area contributed by atoms with Gasteiger partial charge in [-0.05, 0) is 54.6 Å². The van der Waals surface area contributed by atoms with Crippen LogP contribution >= 0.6 is 0 Å². The number of aromatic amines is 1. The second-order valence-electron chi connectivity index (χ2n) is 8.41.